The lowest BCUT2D eigenvalue weighted by Gasteiger charge is -2.39. The fraction of sp³-hybridized carbons (Fsp3) is 0.294. The van der Waals surface area contributed by atoms with Crippen molar-refractivity contribution in [3.63, 3.8) is 0 Å². The second-order valence-electron chi connectivity index (χ2n) is 6.20. The van der Waals surface area contributed by atoms with Crippen LogP contribution in [0.5, 0.6) is 11.5 Å². The van der Waals surface area contributed by atoms with Crippen molar-refractivity contribution in [2.75, 3.05) is 11.5 Å². The van der Waals surface area contributed by atoms with Crippen molar-refractivity contribution in [2.45, 2.75) is 31.6 Å². The molecule has 0 saturated heterocycles. The third-order valence-corrected chi connectivity index (χ3v) is 4.45. The van der Waals surface area contributed by atoms with Crippen LogP contribution < -0.4 is 11.5 Å². The average molecular weight is 394 g/mol. The molecule has 0 unspecified atom stereocenters. The minimum absolute atomic E-state index is 0.167. The van der Waals surface area contributed by atoms with Crippen LogP contribution in [0, 0.1) is 13.8 Å². The zero-order chi connectivity index (χ0) is 20.9. The molecule has 2 rings (SSSR count). The first kappa shape index (κ1) is 20.5. The average Bonchev–Trinajstić information content (AvgIpc) is 2.47. The second kappa shape index (κ2) is 6.14. The number of benzene rings is 2. The summed E-state index contributed by atoms with van der Waals surface area (Å²) in [6.45, 7) is 2.34. The van der Waals surface area contributed by atoms with Crippen molar-refractivity contribution >= 4 is 11.4 Å². The summed E-state index contributed by atoms with van der Waals surface area (Å²) in [5.74, 6) is -1.83. The molecular weight excluding hydrogens is 378 g/mol. The van der Waals surface area contributed by atoms with Gasteiger partial charge in [-0.05, 0) is 48.2 Å². The molecule has 10 heteroatoms. The first-order chi connectivity index (χ1) is 12.1. The molecule has 0 radical (unpaired) electrons. The number of nitrogen functional groups attached to an aromatic ring is 2. The van der Waals surface area contributed by atoms with Gasteiger partial charge in [0.2, 0.25) is 5.41 Å². The third-order valence-electron chi connectivity index (χ3n) is 4.45. The maximum absolute atomic E-state index is 14.0. The Balaban J connectivity index is 3.06. The third kappa shape index (κ3) is 2.98. The summed E-state index contributed by atoms with van der Waals surface area (Å²) in [5, 5.41) is 19.5. The highest BCUT2D eigenvalue weighted by Gasteiger charge is 2.72. The highest BCUT2D eigenvalue weighted by atomic mass is 19.4. The van der Waals surface area contributed by atoms with Gasteiger partial charge in [-0.2, -0.15) is 26.3 Å². The summed E-state index contributed by atoms with van der Waals surface area (Å²) < 4.78 is 84.1. The van der Waals surface area contributed by atoms with E-state index in [0.717, 1.165) is 0 Å². The van der Waals surface area contributed by atoms with Crippen LogP contribution in [0.15, 0.2) is 24.3 Å². The monoisotopic (exact) mass is 394 g/mol. The maximum atomic E-state index is 14.0. The van der Waals surface area contributed by atoms with Crippen molar-refractivity contribution in [1.29, 1.82) is 0 Å². The topological polar surface area (TPSA) is 92.5 Å². The number of anilines is 2. The molecule has 0 aliphatic rings. The predicted octanol–water partition coefficient (Wildman–Crippen LogP) is 4.29. The van der Waals surface area contributed by atoms with Crippen LogP contribution in [0.25, 0.3) is 0 Å². The van der Waals surface area contributed by atoms with Crippen LogP contribution in [0.1, 0.15) is 22.3 Å². The van der Waals surface area contributed by atoms with Crippen LogP contribution in [0.4, 0.5) is 37.7 Å². The maximum Gasteiger partial charge on any atom is 0.411 e. The summed E-state index contributed by atoms with van der Waals surface area (Å²) in [4.78, 5) is 0. The van der Waals surface area contributed by atoms with Crippen molar-refractivity contribution in [3.05, 3.63) is 46.5 Å². The fourth-order valence-corrected chi connectivity index (χ4v) is 2.97. The number of rotatable bonds is 2. The number of halogens is 6. The number of nitrogens with two attached hydrogens (primary N) is 2. The van der Waals surface area contributed by atoms with Gasteiger partial charge >= 0.3 is 12.4 Å². The van der Waals surface area contributed by atoms with E-state index in [1.807, 2.05) is 0 Å². The largest absolute Gasteiger partial charge is 0.506 e. The Morgan fingerprint density at radius 1 is 0.667 bits per heavy atom. The summed E-state index contributed by atoms with van der Waals surface area (Å²) in [6, 6.07) is 1.87. The number of phenols is 2. The number of phenolic OH excluding ortho intramolecular Hbond substituents is 2. The van der Waals surface area contributed by atoms with Gasteiger partial charge in [0, 0.05) is 0 Å². The number of hydrogen-bond acceptors (Lipinski definition) is 4. The Hall–Kier alpha value is -2.78. The first-order valence-electron chi connectivity index (χ1n) is 7.47. The van der Waals surface area contributed by atoms with Gasteiger partial charge in [0.05, 0.1) is 11.4 Å². The first-order valence-corrected chi connectivity index (χ1v) is 7.47. The van der Waals surface area contributed by atoms with Gasteiger partial charge < -0.3 is 21.7 Å². The Kier molecular flexibility index (Phi) is 4.67. The van der Waals surface area contributed by atoms with Crippen LogP contribution in [-0.2, 0) is 5.41 Å². The zero-order valence-electron chi connectivity index (χ0n) is 14.1. The molecule has 0 saturated carbocycles. The van der Waals surface area contributed by atoms with Gasteiger partial charge in [0.15, 0.2) is 0 Å². The van der Waals surface area contributed by atoms with Gasteiger partial charge in [0.25, 0.3) is 0 Å². The van der Waals surface area contributed by atoms with Gasteiger partial charge in [-0.15, -0.1) is 0 Å². The molecule has 4 nitrogen and oxygen atoms in total. The molecule has 2 aromatic rings. The molecule has 148 valence electrons. The van der Waals surface area contributed by atoms with E-state index in [4.69, 9.17) is 11.5 Å². The van der Waals surface area contributed by atoms with E-state index in [-0.39, 0.29) is 22.5 Å². The minimum atomic E-state index is -5.87. The molecule has 27 heavy (non-hydrogen) atoms. The summed E-state index contributed by atoms with van der Waals surface area (Å²) in [6.07, 6.45) is -11.7. The smallest absolute Gasteiger partial charge is 0.411 e. The minimum Gasteiger partial charge on any atom is -0.506 e. The molecule has 0 spiro atoms. The zero-order valence-corrected chi connectivity index (χ0v) is 14.1. The Labute approximate surface area is 150 Å². The number of aromatic hydroxyl groups is 2. The van der Waals surface area contributed by atoms with E-state index in [1.165, 1.54) is 13.8 Å². The molecule has 0 aromatic heterocycles. The molecule has 0 amide bonds. The van der Waals surface area contributed by atoms with E-state index >= 15 is 0 Å². The Morgan fingerprint density at radius 2 is 0.963 bits per heavy atom. The summed E-state index contributed by atoms with van der Waals surface area (Å²) in [7, 11) is 0. The van der Waals surface area contributed by atoms with Crippen molar-refractivity contribution in [2.24, 2.45) is 0 Å². The summed E-state index contributed by atoms with van der Waals surface area (Å²) in [5.41, 5.74) is 2.80. The number of hydrogen-bond donors (Lipinski definition) is 4. The highest BCUT2D eigenvalue weighted by molar-refractivity contribution is 5.65. The van der Waals surface area contributed by atoms with E-state index < -0.39 is 40.4 Å². The van der Waals surface area contributed by atoms with Gasteiger partial charge in [-0.25, -0.2) is 0 Å². The molecule has 2 aromatic carbocycles. The van der Waals surface area contributed by atoms with Crippen molar-refractivity contribution in [1.82, 2.24) is 0 Å². The van der Waals surface area contributed by atoms with Gasteiger partial charge in [-0.1, -0.05) is 12.1 Å². The quantitative estimate of drug-likeness (QED) is 0.347. The van der Waals surface area contributed by atoms with E-state index in [9.17, 15) is 36.6 Å². The molecule has 0 fully saturated rings. The molecule has 6 N–H and O–H groups in total. The van der Waals surface area contributed by atoms with Crippen LogP contribution in [0.3, 0.4) is 0 Å². The molecular formula is C17H16F6N2O2. The van der Waals surface area contributed by atoms with Crippen molar-refractivity contribution < 1.29 is 36.6 Å². The van der Waals surface area contributed by atoms with Crippen molar-refractivity contribution in [3.8, 4) is 11.5 Å². The van der Waals surface area contributed by atoms with Crippen LogP contribution >= 0.6 is 0 Å². The number of alkyl halides is 6. The van der Waals surface area contributed by atoms with Crippen LogP contribution in [0.2, 0.25) is 0 Å². The normalized spacial score (nSPS) is 13.0. The number of aryl methyl sites for hydroxylation is 2. The van der Waals surface area contributed by atoms with Crippen LogP contribution in [-0.4, -0.2) is 22.6 Å². The standard InChI is InChI=1S/C17H16F6N2O2/c1-7-3-9(5-11(26)13(7)24)15(16(18,19)20,17(21,22)23)10-4-8(2)14(25)12(27)6-10/h3-6,26-27H,24-25H2,1-2H3. The van der Waals surface area contributed by atoms with E-state index in [2.05, 4.69) is 0 Å². The van der Waals surface area contributed by atoms with Gasteiger partial charge in [0.1, 0.15) is 11.5 Å². The Bertz CT molecular complexity index is 770. The highest BCUT2D eigenvalue weighted by Crippen LogP contribution is 2.57. The molecule has 0 aliphatic heterocycles. The molecule has 0 aliphatic carbocycles. The predicted molar refractivity (Wildman–Crippen MR) is 87.4 cm³/mol. The second-order valence-corrected chi connectivity index (χ2v) is 6.20. The van der Waals surface area contributed by atoms with Gasteiger partial charge in [-0.3, -0.25) is 0 Å². The SMILES string of the molecule is Cc1cc(C(c2cc(C)c(N)c(O)c2)(C(F)(F)F)C(F)(F)F)cc(O)c1N. The summed E-state index contributed by atoms with van der Waals surface area (Å²) >= 11 is 0. The van der Waals surface area contributed by atoms with E-state index in [1.54, 1.807) is 0 Å². The van der Waals surface area contributed by atoms with E-state index in [0.29, 0.717) is 24.3 Å². The molecule has 0 atom stereocenters. The fourth-order valence-electron chi connectivity index (χ4n) is 2.97. The molecule has 0 bridgehead atoms. The Morgan fingerprint density at radius 3 is 1.19 bits per heavy atom. The lowest BCUT2D eigenvalue weighted by atomic mass is 9.72. The lowest BCUT2D eigenvalue weighted by Crippen LogP contribution is -2.54. The lowest BCUT2D eigenvalue weighted by molar-refractivity contribution is -0.288. The molecule has 0 heterocycles.